The highest BCUT2D eigenvalue weighted by Gasteiger charge is 2.29. The van der Waals surface area contributed by atoms with Gasteiger partial charge in [-0.15, -0.1) is 0 Å². The Labute approximate surface area is 147 Å². The van der Waals surface area contributed by atoms with Crippen molar-refractivity contribution in [3.63, 3.8) is 0 Å². The normalized spacial score (nSPS) is 14.9. The zero-order valence-electron chi connectivity index (χ0n) is 13.9. The Bertz CT molecular complexity index is 1020. The van der Waals surface area contributed by atoms with E-state index in [-0.39, 0.29) is 17.4 Å². The lowest BCUT2D eigenvalue weighted by Gasteiger charge is -1.99. The van der Waals surface area contributed by atoms with Crippen LogP contribution in [0.3, 0.4) is 0 Å². The number of H-pyrrole nitrogens is 1. The van der Waals surface area contributed by atoms with Crippen LogP contribution < -0.4 is 11.0 Å². The molecule has 0 aliphatic heterocycles. The molecule has 0 unspecified atom stereocenters. The van der Waals surface area contributed by atoms with E-state index in [1.165, 1.54) is 16.0 Å². The summed E-state index contributed by atoms with van der Waals surface area (Å²) >= 11 is 1.44. The maximum Gasteiger partial charge on any atom is 0.282 e. The largest absolute Gasteiger partial charge is 0.293 e. The number of benzene rings is 1. The van der Waals surface area contributed by atoms with Crippen LogP contribution in [0.4, 0.5) is 0 Å². The second-order valence-corrected chi connectivity index (χ2v) is 7.17. The number of hydrogen-bond acceptors (Lipinski definition) is 5. The first-order valence-electron chi connectivity index (χ1n) is 8.06. The van der Waals surface area contributed by atoms with Gasteiger partial charge in [0.1, 0.15) is 0 Å². The topological polar surface area (TPSA) is 92.1 Å². The maximum absolute atomic E-state index is 12.8. The van der Waals surface area contributed by atoms with Crippen LogP contribution in [0.1, 0.15) is 31.0 Å². The van der Waals surface area contributed by atoms with E-state index in [9.17, 15) is 9.59 Å². The van der Waals surface area contributed by atoms with Crippen molar-refractivity contribution in [1.82, 2.24) is 20.2 Å². The van der Waals surface area contributed by atoms with Crippen molar-refractivity contribution in [3.8, 4) is 5.13 Å². The Morgan fingerprint density at radius 3 is 2.88 bits per heavy atom. The summed E-state index contributed by atoms with van der Waals surface area (Å²) in [5.74, 6) is -0.0117. The minimum atomic E-state index is -0.224. The third-order valence-corrected chi connectivity index (χ3v) is 5.21. The second-order valence-electron chi connectivity index (χ2n) is 6.16. The number of amides is 1. The number of nitrogens with one attached hydrogen (secondary N) is 2. The third kappa shape index (κ3) is 2.89. The molecule has 0 radical (unpaired) electrons. The lowest BCUT2D eigenvalue weighted by atomic mass is 10.2. The Balaban J connectivity index is 1.69. The number of fused-ring (bicyclic) bond motifs is 1. The van der Waals surface area contributed by atoms with E-state index in [1.807, 2.05) is 31.2 Å². The van der Waals surface area contributed by atoms with E-state index in [4.69, 9.17) is 0 Å². The smallest absolute Gasteiger partial charge is 0.282 e. The highest BCUT2D eigenvalue weighted by molar-refractivity contribution is 7.20. The number of rotatable bonds is 4. The first kappa shape index (κ1) is 15.8. The summed E-state index contributed by atoms with van der Waals surface area (Å²) in [4.78, 5) is 29.0. The number of aromatic amines is 1. The van der Waals surface area contributed by atoms with Gasteiger partial charge in [0.25, 0.3) is 5.56 Å². The fourth-order valence-electron chi connectivity index (χ4n) is 2.69. The number of thiazole rings is 1. The van der Waals surface area contributed by atoms with Gasteiger partial charge in [-0.2, -0.15) is 9.78 Å². The molecule has 1 aliphatic carbocycles. The van der Waals surface area contributed by atoms with Gasteiger partial charge in [0, 0.05) is 11.6 Å². The van der Waals surface area contributed by atoms with Crippen LogP contribution in [-0.4, -0.2) is 26.4 Å². The minimum Gasteiger partial charge on any atom is -0.293 e. The molecule has 2 N–H and O–H groups in total. The van der Waals surface area contributed by atoms with Gasteiger partial charge < -0.3 is 0 Å². The van der Waals surface area contributed by atoms with E-state index in [0.29, 0.717) is 22.1 Å². The van der Waals surface area contributed by atoms with Gasteiger partial charge in [-0.3, -0.25) is 14.7 Å². The summed E-state index contributed by atoms with van der Waals surface area (Å²) in [6.45, 7) is 3.52. The zero-order valence-corrected chi connectivity index (χ0v) is 14.7. The SMILES string of the molecule is C/C(=N\NC(=O)C1CC1)c1c(C)[nH]n(-c2nc3ccccc3s2)c1=O. The van der Waals surface area contributed by atoms with Gasteiger partial charge in [-0.1, -0.05) is 23.5 Å². The number of hydrazone groups is 1. The number of para-hydroxylation sites is 1. The predicted octanol–water partition coefficient (Wildman–Crippen LogP) is 2.33. The summed E-state index contributed by atoms with van der Waals surface area (Å²) in [6.07, 6.45) is 1.82. The Morgan fingerprint density at radius 2 is 2.16 bits per heavy atom. The van der Waals surface area contributed by atoms with Crippen molar-refractivity contribution < 1.29 is 4.79 Å². The molecule has 0 spiro atoms. The number of carbonyl (C=O) groups excluding carboxylic acids is 1. The first-order valence-corrected chi connectivity index (χ1v) is 8.88. The summed E-state index contributed by atoms with van der Waals surface area (Å²) in [5, 5.41) is 7.73. The number of aromatic nitrogens is 3. The molecule has 0 atom stereocenters. The molecule has 128 valence electrons. The summed E-state index contributed by atoms with van der Waals surface area (Å²) in [5.41, 5.74) is 4.79. The molecule has 1 amide bonds. The summed E-state index contributed by atoms with van der Waals surface area (Å²) < 4.78 is 2.44. The standard InChI is InChI=1S/C17H17N5O2S/c1-9(19-20-15(23)11-7-8-11)14-10(2)21-22(16(14)24)17-18-12-5-3-4-6-13(12)25-17/h3-6,11,21H,7-8H2,1-2H3,(H,20,23)/b19-9+. The fourth-order valence-corrected chi connectivity index (χ4v) is 3.62. The first-order chi connectivity index (χ1) is 12.0. The number of nitrogens with zero attached hydrogens (tertiary/aromatic N) is 3. The van der Waals surface area contributed by atoms with Crippen molar-refractivity contribution in [2.45, 2.75) is 26.7 Å². The zero-order chi connectivity index (χ0) is 17.6. The summed E-state index contributed by atoms with van der Waals surface area (Å²) in [7, 11) is 0. The predicted molar refractivity (Wildman–Crippen MR) is 97.4 cm³/mol. The van der Waals surface area contributed by atoms with E-state index >= 15 is 0 Å². The lowest BCUT2D eigenvalue weighted by Crippen LogP contribution is -2.24. The molecular weight excluding hydrogens is 338 g/mol. The molecule has 2 heterocycles. The van der Waals surface area contributed by atoms with Crippen LogP contribution in [0.15, 0.2) is 34.2 Å². The van der Waals surface area contributed by atoms with E-state index < -0.39 is 0 Å². The molecule has 0 saturated heterocycles. The summed E-state index contributed by atoms with van der Waals surface area (Å²) in [6, 6.07) is 7.74. The monoisotopic (exact) mass is 355 g/mol. The molecule has 25 heavy (non-hydrogen) atoms. The van der Waals surface area contributed by atoms with E-state index in [1.54, 1.807) is 6.92 Å². The highest BCUT2D eigenvalue weighted by Crippen LogP contribution is 2.28. The quantitative estimate of drug-likeness (QED) is 0.556. The Kier molecular flexibility index (Phi) is 3.76. The molecule has 8 heteroatoms. The van der Waals surface area contributed by atoms with Gasteiger partial charge >= 0.3 is 0 Å². The molecule has 1 aromatic carbocycles. The van der Waals surface area contributed by atoms with Crippen LogP contribution in [0.2, 0.25) is 0 Å². The van der Waals surface area contributed by atoms with Gasteiger partial charge in [0.05, 0.1) is 21.5 Å². The van der Waals surface area contributed by atoms with Crippen LogP contribution in [0.5, 0.6) is 0 Å². The highest BCUT2D eigenvalue weighted by atomic mass is 32.1. The molecule has 1 aliphatic rings. The Hall–Kier alpha value is -2.74. The molecule has 1 fully saturated rings. The fraction of sp³-hybridized carbons (Fsp3) is 0.294. The number of hydrogen-bond donors (Lipinski definition) is 2. The number of carbonyl (C=O) groups is 1. The van der Waals surface area contributed by atoms with E-state index in [2.05, 4.69) is 20.6 Å². The van der Waals surface area contributed by atoms with Crippen LogP contribution in [-0.2, 0) is 4.79 Å². The van der Waals surface area contributed by atoms with Crippen molar-refractivity contribution in [1.29, 1.82) is 0 Å². The average molecular weight is 355 g/mol. The van der Waals surface area contributed by atoms with Crippen LogP contribution in [0, 0.1) is 12.8 Å². The molecular formula is C17H17N5O2S. The minimum absolute atomic E-state index is 0.0725. The van der Waals surface area contributed by atoms with Crippen molar-refractivity contribution in [2.24, 2.45) is 11.0 Å². The molecule has 1 saturated carbocycles. The molecule has 4 rings (SSSR count). The molecule has 2 aromatic heterocycles. The Morgan fingerprint density at radius 1 is 1.40 bits per heavy atom. The molecule has 7 nitrogen and oxygen atoms in total. The average Bonchev–Trinajstić information content (AvgIpc) is 3.29. The van der Waals surface area contributed by atoms with Gasteiger partial charge in [0.15, 0.2) is 0 Å². The van der Waals surface area contributed by atoms with Crippen molar-refractivity contribution in [2.75, 3.05) is 0 Å². The second kappa shape index (κ2) is 5.96. The molecule has 0 bridgehead atoms. The van der Waals surface area contributed by atoms with Crippen LogP contribution >= 0.6 is 11.3 Å². The lowest BCUT2D eigenvalue weighted by molar-refractivity contribution is -0.122. The van der Waals surface area contributed by atoms with Gasteiger partial charge in [-0.25, -0.2) is 10.4 Å². The van der Waals surface area contributed by atoms with Gasteiger partial charge in [0.2, 0.25) is 11.0 Å². The van der Waals surface area contributed by atoms with E-state index in [0.717, 1.165) is 23.1 Å². The maximum atomic E-state index is 12.8. The van der Waals surface area contributed by atoms with Crippen LogP contribution in [0.25, 0.3) is 15.3 Å². The van der Waals surface area contributed by atoms with Crippen molar-refractivity contribution in [3.05, 3.63) is 45.9 Å². The van der Waals surface area contributed by atoms with Gasteiger partial charge in [-0.05, 0) is 38.8 Å². The number of aryl methyl sites for hydroxylation is 1. The third-order valence-electron chi connectivity index (χ3n) is 4.19. The molecule has 3 aromatic rings. The van der Waals surface area contributed by atoms with Crippen molar-refractivity contribution >= 4 is 33.2 Å².